The van der Waals surface area contributed by atoms with E-state index in [0.29, 0.717) is 19.5 Å². The molecule has 1 amide bonds. The molecule has 0 radical (unpaired) electrons. The number of amides is 1. The average molecular weight is 464 g/mol. The minimum Gasteiger partial charge on any atom is -0.338 e. The topological polar surface area (TPSA) is 33.2 Å². The fourth-order valence-electron chi connectivity index (χ4n) is 3.95. The van der Waals surface area contributed by atoms with Crippen LogP contribution in [0.15, 0.2) is 67.0 Å². The Balaban J connectivity index is 1.65. The lowest BCUT2D eigenvalue weighted by molar-refractivity contribution is -0.138. The quantitative estimate of drug-likeness (QED) is 0.420. The van der Waals surface area contributed by atoms with E-state index in [-0.39, 0.29) is 22.6 Å². The molecule has 0 spiro atoms. The van der Waals surface area contributed by atoms with Gasteiger partial charge in [-0.1, -0.05) is 18.2 Å². The molecule has 1 aliphatic rings. The van der Waals surface area contributed by atoms with E-state index < -0.39 is 29.4 Å². The smallest absolute Gasteiger partial charge is 0.338 e. The average Bonchev–Trinajstić information content (AvgIpc) is 3.28. The van der Waals surface area contributed by atoms with Crippen LogP contribution in [0.1, 0.15) is 39.4 Å². The molecule has 172 valence electrons. The summed E-state index contributed by atoms with van der Waals surface area (Å²) >= 11 is 0. The summed E-state index contributed by atoms with van der Waals surface area (Å²) in [7, 11) is 0. The Morgan fingerprint density at radius 1 is 0.879 bits per heavy atom. The van der Waals surface area contributed by atoms with Crippen LogP contribution < -0.4 is 0 Å². The van der Waals surface area contributed by atoms with Crippen LogP contribution in [0.3, 0.4) is 0 Å². The third kappa shape index (κ3) is 5.02. The van der Waals surface area contributed by atoms with Gasteiger partial charge in [0.05, 0.1) is 11.1 Å². The van der Waals surface area contributed by atoms with Crippen molar-refractivity contribution in [3.63, 3.8) is 0 Å². The van der Waals surface area contributed by atoms with Gasteiger partial charge in [-0.15, -0.1) is 0 Å². The number of aromatic nitrogens is 1. The zero-order valence-electron chi connectivity index (χ0n) is 17.1. The number of hydrogen-bond donors (Lipinski definition) is 0. The molecule has 0 aliphatic carbocycles. The number of carbonyl (C=O) groups is 1. The number of nitrogens with zero attached hydrogens (tertiary/aromatic N) is 2. The van der Waals surface area contributed by atoms with Gasteiger partial charge in [-0.3, -0.25) is 9.78 Å². The predicted octanol–water partition coefficient (Wildman–Crippen LogP) is 6.42. The highest BCUT2D eigenvalue weighted by Gasteiger charge is 2.34. The highest BCUT2D eigenvalue weighted by atomic mass is 19.4. The first-order valence-corrected chi connectivity index (χ1v) is 10.1. The summed E-state index contributed by atoms with van der Waals surface area (Å²) in [5, 5.41) is 0. The van der Waals surface area contributed by atoms with E-state index in [4.69, 9.17) is 0 Å². The number of halogens is 6. The molecule has 2 heterocycles. The van der Waals surface area contributed by atoms with Gasteiger partial charge >= 0.3 is 12.4 Å². The van der Waals surface area contributed by atoms with Gasteiger partial charge in [-0.25, -0.2) is 0 Å². The molecule has 1 saturated heterocycles. The third-order valence-corrected chi connectivity index (χ3v) is 5.68. The van der Waals surface area contributed by atoms with Crippen LogP contribution in [-0.4, -0.2) is 28.9 Å². The minimum atomic E-state index is -4.72. The van der Waals surface area contributed by atoms with Gasteiger partial charge in [0.2, 0.25) is 0 Å². The number of rotatable bonds is 3. The summed E-state index contributed by atoms with van der Waals surface area (Å²) in [5.74, 6) is -0.525. The monoisotopic (exact) mass is 464 g/mol. The molecule has 1 atom stereocenters. The highest BCUT2D eigenvalue weighted by Crippen LogP contribution is 2.36. The summed E-state index contributed by atoms with van der Waals surface area (Å²) in [5.41, 5.74) is -0.990. The maximum absolute atomic E-state index is 13.5. The molecular weight excluding hydrogens is 446 g/mol. The summed E-state index contributed by atoms with van der Waals surface area (Å²) < 4.78 is 79.1. The van der Waals surface area contributed by atoms with E-state index in [1.807, 2.05) is 6.07 Å². The second-order valence-corrected chi connectivity index (χ2v) is 7.90. The Morgan fingerprint density at radius 3 is 2.18 bits per heavy atom. The molecule has 1 unspecified atom stereocenters. The lowest BCUT2D eigenvalue weighted by Crippen LogP contribution is -2.28. The first-order valence-electron chi connectivity index (χ1n) is 10.1. The molecule has 3 aromatic rings. The number of carbonyl (C=O) groups excluding carboxylic acids is 1. The van der Waals surface area contributed by atoms with Crippen molar-refractivity contribution in [2.45, 2.75) is 24.7 Å². The van der Waals surface area contributed by atoms with Gasteiger partial charge in [-0.2, -0.15) is 26.3 Å². The van der Waals surface area contributed by atoms with E-state index in [1.165, 1.54) is 11.0 Å². The molecule has 0 bridgehead atoms. The molecule has 1 fully saturated rings. The van der Waals surface area contributed by atoms with E-state index in [1.54, 1.807) is 18.5 Å². The summed E-state index contributed by atoms with van der Waals surface area (Å²) in [6, 6.07) is 10.4. The SMILES string of the molecule is O=C(c1cc(-c2ccc(C(F)(F)F)cc2)cc(C(F)(F)F)c1)N1CCC(c2cccnc2)C1. The summed E-state index contributed by atoms with van der Waals surface area (Å²) in [6.07, 6.45) is -5.30. The van der Waals surface area contributed by atoms with E-state index in [0.717, 1.165) is 42.0 Å². The van der Waals surface area contributed by atoms with Crippen molar-refractivity contribution in [3.05, 3.63) is 89.2 Å². The molecule has 0 N–H and O–H groups in total. The normalized spacial score (nSPS) is 16.8. The number of alkyl halides is 6. The molecule has 4 rings (SSSR count). The molecule has 33 heavy (non-hydrogen) atoms. The van der Waals surface area contributed by atoms with Gasteiger partial charge in [0.15, 0.2) is 0 Å². The van der Waals surface area contributed by atoms with Crippen molar-refractivity contribution in [1.29, 1.82) is 0 Å². The highest BCUT2D eigenvalue weighted by molar-refractivity contribution is 5.96. The van der Waals surface area contributed by atoms with E-state index in [9.17, 15) is 31.1 Å². The lowest BCUT2D eigenvalue weighted by Gasteiger charge is -2.19. The first kappa shape index (κ1) is 22.8. The molecule has 3 nitrogen and oxygen atoms in total. The Morgan fingerprint density at radius 2 is 1.58 bits per heavy atom. The summed E-state index contributed by atoms with van der Waals surface area (Å²) in [4.78, 5) is 18.6. The number of hydrogen-bond acceptors (Lipinski definition) is 2. The second kappa shape index (κ2) is 8.53. The largest absolute Gasteiger partial charge is 0.416 e. The van der Waals surface area contributed by atoms with Crippen LogP contribution in [0.5, 0.6) is 0 Å². The van der Waals surface area contributed by atoms with Crippen molar-refractivity contribution in [2.24, 2.45) is 0 Å². The maximum Gasteiger partial charge on any atom is 0.416 e. The number of pyridine rings is 1. The molecule has 1 aromatic heterocycles. The summed E-state index contributed by atoms with van der Waals surface area (Å²) in [6.45, 7) is 0.723. The second-order valence-electron chi connectivity index (χ2n) is 7.90. The Hall–Kier alpha value is -3.36. The van der Waals surface area contributed by atoms with Crippen molar-refractivity contribution < 1.29 is 31.1 Å². The van der Waals surface area contributed by atoms with Gasteiger partial charge in [-0.05, 0) is 59.5 Å². The van der Waals surface area contributed by atoms with Crippen LogP contribution in [0.25, 0.3) is 11.1 Å². The van der Waals surface area contributed by atoms with Crippen molar-refractivity contribution in [2.75, 3.05) is 13.1 Å². The van der Waals surface area contributed by atoms with E-state index in [2.05, 4.69) is 4.98 Å². The fraction of sp³-hybridized carbons (Fsp3) is 0.250. The lowest BCUT2D eigenvalue weighted by atomic mass is 9.98. The maximum atomic E-state index is 13.5. The first-order chi connectivity index (χ1) is 15.5. The zero-order chi connectivity index (χ0) is 23.8. The zero-order valence-corrected chi connectivity index (χ0v) is 17.1. The van der Waals surface area contributed by atoms with Crippen molar-refractivity contribution in [3.8, 4) is 11.1 Å². The molecule has 9 heteroatoms. The standard InChI is InChI=1S/C24H18F6N2O/c25-23(26,27)20-5-3-15(4-6-20)18-10-19(12-21(11-18)24(28,29)30)22(33)32-9-7-17(14-32)16-2-1-8-31-13-16/h1-6,8,10-13,17H,7,9,14H2. The molecular formula is C24H18F6N2O. The Labute approximate surface area is 185 Å². The molecule has 2 aromatic carbocycles. The van der Waals surface area contributed by atoms with Crippen molar-refractivity contribution >= 4 is 5.91 Å². The third-order valence-electron chi connectivity index (χ3n) is 5.68. The van der Waals surface area contributed by atoms with Crippen LogP contribution in [0.4, 0.5) is 26.3 Å². The van der Waals surface area contributed by atoms with Crippen LogP contribution >= 0.6 is 0 Å². The Bertz CT molecular complexity index is 1140. The van der Waals surface area contributed by atoms with Gasteiger partial charge in [0, 0.05) is 37.0 Å². The molecule has 0 saturated carbocycles. The van der Waals surface area contributed by atoms with Gasteiger partial charge < -0.3 is 4.90 Å². The molecule has 1 aliphatic heterocycles. The van der Waals surface area contributed by atoms with Crippen LogP contribution in [0.2, 0.25) is 0 Å². The van der Waals surface area contributed by atoms with Crippen LogP contribution in [-0.2, 0) is 12.4 Å². The number of benzene rings is 2. The minimum absolute atomic E-state index is 0.0184. The Kier molecular flexibility index (Phi) is 5.90. The van der Waals surface area contributed by atoms with Gasteiger partial charge in [0.25, 0.3) is 5.91 Å². The number of likely N-dealkylation sites (tertiary alicyclic amines) is 1. The van der Waals surface area contributed by atoms with Crippen molar-refractivity contribution in [1.82, 2.24) is 9.88 Å². The fourth-order valence-corrected chi connectivity index (χ4v) is 3.95. The van der Waals surface area contributed by atoms with Gasteiger partial charge in [0.1, 0.15) is 0 Å². The van der Waals surface area contributed by atoms with E-state index >= 15 is 0 Å². The predicted molar refractivity (Wildman–Crippen MR) is 109 cm³/mol. The van der Waals surface area contributed by atoms with Crippen LogP contribution in [0, 0.1) is 0 Å².